The van der Waals surface area contributed by atoms with Gasteiger partial charge in [0.25, 0.3) is 11.1 Å². The van der Waals surface area contributed by atoms with Gasteiger partial charge in [-0.2, -0.15) is 5.10 Å². The highest BCUT2D eigenvalue weighted by Crippen LogP contribution is 2.34. The lowest BCUT2D eigenvalue weighted by Crippen LogP contribution is -2.36. The van der Waals surface area contributed by atoms with E-state index in [9.17, 15) is 14.4 Å². The highest BCUT2D eigenvalue weighted by Gasteiger charge is 2.36. The second-order valence-corrected chi connectivity index (χ2v) is 11.6. The maximum Gasteiger partial charge on any atom is 0.294 e. The van der Waals surface area contributed by atoms with Crippen molar-refractivity contribution >= 4 is 86.4 Å². The van der Waals surface area contributed by atoms with E-state index in [2.05, 4.69) is 27.9 Å². The van der Waals surface area contributed by atoms with Gasteiger partial charge in [0.2, 0.25) is 5.91 Å². The van der Waals surface area contributed by atoms with E-state index in [1.807, 2.05) is 48.5 Å². The van der Waals surface area contributed by atoms with Crippen LogP contribution in [0.5, 0.6) is 0 Å². The fraction of sp³-hybridized carbons (Fsp3) is 0.0714. The number of hydrogen-bond donors (Lipinski definition) is 1. The Morgan fingerprint density at radius 3 is 2.49 bits per heavy atom. The zero-order valence-electron chi connectivity index (χ0n) is 20.1. The van der Waals surface area contributed by atoms with Gasteiger partial charge in [0.1, 0.15) is 6.54 Å². The van der Waals surface area contributed by atoms with Crippen LogP contribution in [0.2, 0.25) is 10.0 Å². The summed E-state index contributed by atoms with van der Waals surface area (Å²) in [7, 11) is 0. The highest BCUT2D eigenvalue weighted by molar-refractivity contribution is 14.1. The van der Waals surface area contributed by atoms with E-state index in [0.717, 1.165) is 31.4 Å². The van der Waals surface area contributed by atoms with Gasteiger partial charge in [0.15, 0.2) is 0 Å². The van der Waals surface area contributed by atoms with Crippen LogP contribution in [-0.2, 0) is 16.1 Å². The Bertz CT molecular complexity index is 1610. The minimum atomic E-state index is -0.532. The van der Waals surface area contributed by atoms with Crippen LogP contribution in [0.15, 0.2) is 83.9 Å². The Balaban J connectivity index is 1.40. The molecule has 5 rings (SSSR count). The summed E-state index contributed by atoms with van der Waals surface area (Å²) in [6, 6.07) is 22.0. The third-order valence-corrected chi connectivity index (χ3v) is 7.99. The minimum Gasteiger partial charge on any atom is -0.325 e. The number of halogens is 3. The van der Waals surface area contributed by atoms with Gasteiger partial charge < -0.3 is 5.32 Å². The van der Waals surface area contributed by atoms with E-state index in [1.165, 1.54) is 0 Å². The summed E-state index contributed by atoms with van der Waals surface area (Å²) in [5.41, 5.74) is 3.56. The predicted molar refractivity (Wildman–Crippen MR) is 164 cm³/mol. The SMILES string of the molecule is O=C(CN1C(=O)S/C(=C\c2cn(Cc3ccc(Cl)cc3Cl)nc2-c2ccccc2)C1=O)Nc1ccc(I)cc1. The van der Waals surface area contributed by atoms with Gasteiger partial charge in [0.05, 0.1) is 17.1 Å². The number of anilines is 1. The van der Waals surface area contributed by atoms with Crippen molar-refractivity contribution in [2.45, 2.75) is 6.54 Å². The Morgan fingerprint density at radius 1 is 1.03 bits per heavy atom. The Morgan fingerprint density at radius 2 is 1.77 bits per heavy atom. The van der Waals surface area contributed by atoms with Gasteiger partial charge in [-0.3, -0.25) is 24.0 Å². The molecule has 1 aromatic heterocycles. The number of rotatable bonds is 7. The van der Waals surface area contributed by atoms with Crippen molar-refractivity contribution in [2.24, 2.45) is 0 Å². The molecule has 4 aromatic rings. The summed E-state index contributed by atoms with van der Waals surface area (Å²) in [5, 5.41) is 8.01. The average Bonchev–Trinajstić information content (AvgIpc) is 3.43. The number of imide groups is 1. The lowest BCUT2D eigenvalue weighted by atomic mass is 10.1. The fourth-order valence-electron chi connectivity index (χ4n) is 3.92. The van der Waals surface area contributed by atoms with Crippen LogP contribution in [0.1, 0.15) is 11.1 Å². The molecule has 7 nitrogen and oxygen atoms in total. The van der Waals surface area contributed by atoms with Crippen molar-refractivity contribution in [3.63, 3.8) is 0 Å². The fourth-order valence-corrected chi connectivity index (χ4v) is 5.58. The third kappa shape index (κ3) is 6.55. The van der Waals surface area contributed by atoms with E-state index in [4.69, 9.17) is 28.3 Å². The van der Waals surface area contributed by atoms with Crippen LogP contribution in [0.4, 0.5) is 10.5 Å². The second kappa shape index (κ2) is 12.0. The van der Waals surface area contributed by atoms with Crippen molar-refractivity contribution in [3.8, 4) is 11.3 Å². The van der Waals surface area contributed by atoms with Crippen molar-refractivity contribution < 1.29 is 14.4 Å². The van der Waals surface area contributed by atoms with E-state index in [0.29, 0.717) is 33.5 Å². The first-order valence-corrected chi connectivity index (χ1v) is 14.3. The van der Waals surface area contributed by atoms with Gasteiger partial charge in [-0.05, 0) is 82.4 Å². The van der Waals surface area contributed by atoms with Crippen molar-refractivity contribution in [3.05, 3.63) is 109 Å². The zero-order valence-corrected chi connectivity index (χ0v) is 24.6. The van der Waals surface area contributed by atoms with Crippen LogP contribution >= 0.6 is 57.6 Å². The van der Waals surface area contributed by atoms with Crippen molar-refractivity contribution in [2.75, 3.05) is 11.9 Å². The summed E-state index contributed by atoms with van der Waals surface area (Å²) >= 11 is 15.4. The molecular formula is C28H19Cl2IN4O3S. The number of nitrogens with one attached hydrogen (secondary N) is 1. The molecule has 39 heavy (non-hydrogen) atoms. The van der Waals surface area contributed by atoms with E-state index in [-0.39, 0.29) is 11.4 Å². The maximum atomic E-state index is 13.2. The van der Waals surface area contributed by atoms with Crippen LogP contribution < -0.4 is 5.32 Å². The highest BCUT2D eigenvalue weighted by atomic mass is 127. The molecule has 1 aliphatic heterocycles. The molecule has 1 aliphatic rings. The van der Waals surface area contributed by atoms with Crippen LogP contribution in [-0.4, -0.2) is 38.3 Å². The van der Waals surface area contributed by atoms with Gasteiger partial charge in [-0.1, -0.05) is 59.6 Å². The van der Waals surface area contributed by atoms with E-state index in [1.54, 1.807) is 41.2 Å². The zero-order chi connectivity index (χ0) is 27.5. The minimum absolute atomic E-state index is 0.211. The van der Waals surface area contributed by atoms with Gasteiger partial charge >= 0.3 is 0 Å². The lowest BCUT2D eigenvalue weighted by Gasteiger charge is -2.12. The van der Waals surface area contributed by atoms with Crippen LogP contribution in [0, 0.1) is 3.57 Å². The molecule has 0 spiro atoms. The smallest absolute Gasteiger partial charge is 0.294 e. The number of amides is 3. The molecule has 0 radical (unpaired) electrons. The maximum absolute atomic E-state index is 13.2. The number of thioether (sulfide) groups is 1. The molecule has 0 atom stereocenters. The van der Waals surface area contributed by atoms with Crippen LogP contribution in [0.3, 0.4) is 0 Å². The number of nitrogens with zero attached hydrogens (tertiary/aromatic N) is 3. The molecule has 11 heteroatoms. The molecule has 1 fully saturated rings. The Labute approximate surface area is 252 Å². The summed E-state index contributed by atoms with van der Waals surface area (Å²) < 4.78 is 2.75. The number of carbonyl (C=O) groups excluding carboxylic acids is 3. The first-order chi connectivity index (χ1) is 18.8. The summed E-state index contributed by atoms with van der Waals surface area (Å²) in [6.45, 7) is -0.00226. The summed E-state index contributed by atoms with van der Waals surface area (Å²) in [4.78, 5) is 39.5. The Kier molecular flexibility index (Phi) is 8.41. The first-order valence-electron chi connectivity index (χ1n) is 11.6. The molecule has 2 heterocycles. The van der Waals surface area contributed by atoms with Crippen molar-refractivity contribution in [1.29, 1.82) is 0 Å². The van der Waals surface area contributed by atoms with E-state index < -0.39 is 17.1 Å². The molecule has 1 saturated heterocycles. The predicted octanol–water partition coefficient (Wildman–Crippen LogP) is 7.18. The first kappa shape index (κ1) is 27.4. The summed E-state index contributed by atoms with van der Waals surface area (Å²) in [6.07, 6.45) is 3.43. The molecule has 0 unspecified atom stereocenters. The Hall–Kier alpha value is -3.12. The molecule has 0 bridgehead atoms. The van der Waals surface area contributed by atoms with Gasteiger partial charge in [-0.15, -0.1) is 0 Å². The normalized spacial score (nSPS) is 14.3. The number of carbonyl (C=O) groups is 3. The average molecular weight is 689 g/mol. The largest absolute Gasteiger partial charge is 0.325 e. The van der Waals surface area contributed by atoms with Crippen molar-refractivity contribution in [1.82, 2.24) is 14.7 Å². The van der Waals surface area contributed by atoms with Crippen LogP contribution in [0.25, 0.3) is 17.3 Å². The quantitative estimate of drug-likeness (QED) is 0.164. The molecule has 0 saturated carbocycles. The standard InChI is InChI=1S/C28H19Cl2IN4O3S/c29-20-7-6-18(23(30)13-20)14-34-15-19(26(33-34)17-4-2-1-3-5-17)12-24-27(37)35(28(38)39-24)16-25(36)32-22-10-8-21(31)9-11-22/h1-13,15H,14,16H2,(H,32,36)/b24-12-. The molecule has 3 amide bonds. The molecule has 196 valence electrons. The number of aromatic nitrogens is 2. The topological polar surface area (TPSA) is 84.3 Å². The number of hydrogen-bond acceptors (Lipinski definition) is 5. The lowest BCUT2D eigenvalue weighted by molar-refractivity contribution is -0.127. The molecule has 3 aromatic carbocycles. The molecular weight excluding hydrogens is 670 g/mol. The van der Waals surface area contributed by atoms with E-state index >= 15 is 0 Å². The van der Waals surface area contributed by atoms with Gasteiger partial charge in [0, 0.05) is 36.6 Å². The second-order valence-electron chi connectivity index (χ2n) is 8.56. The molecule has 1 N–H and O–H groups in total. The third-order valence-electron chi connectivity index (χ3n) is 5.77. The summed E-state index contributed by atoms with van der Waals surface area (Å²) in [5.74, 6) is -0.993. The van der Waals surface area contributed by atoms with Gasteiger partial charge in [-0.25, -0.2) is 0 Å². The monoisotopic (exact) mass is 688 g/mol. The molecule has 0 aliphatic carbocycles. The number of benzene rings is 3.